The molecule has 0 aliphatic carbocycles. The van der Waals surface area contributed by atoms with Crippen molar-refractivity contribution in [2.75, 3.05) is 13.1 Å². The number of carbonyl (C=O) groups is 1. The predicted molar refractivity (Wildman–Crippen MR) is 126 cm³/mol. The molecule has 0 atom stereocenters. The lowest BCUT2D eigenvalue weighted by Crippen LogP contribution is -2.47. The first-order chi connectivity index (χ1) is 15.6. The number of carbonyl (C=O) groups excluding carboxylic acids is 1. The fraction of sp³-hybridized carbons (Fsp3) is 0.320. The maximum atomic E-state index is 12.8. The van der Waals surface area contributed by atoms with Crippen molar-refractivity contribution < 1.29 is 4.79 Å². The van der Waals surface area contributed by atoms with Gasteiger partial charge in [-0.15, -0.1) is 6.58 Å². The minimum Gasteiger partial charge on any atom is -0.352 e. The number of allylic oxidation sites excluding steroid dienone is 1. The van der Waals surface area contributed by atoms with Gasteiger partial charge in [-0.2, -0.15) is 0 Å². The van der Waals surface area contributed by atoms with Gasteiger partial charge in [0.1, 0.15) is 6.54 Å². The molecule has 166 valence electrons. The average molecular weight is 433 g/mol. The number of amides is 1. The maximum absolute atomic E-state index is 12.8. The molecule has 0 spiro atoms. The normalized spacial score (nSPS) is 15.0. The second-order valence-electron chi connectivity index (χ2n) is 8.19. The number of hydrogen-bond donors (Lipinski definition) is 1. The first-order valence-electron chi connectivity index (χ1n) is 11.0. The molecular formula is C25H28N4O3. The zero-order valence-electron chi connectivity index (χ0n) is 18.1. The van der Waals surface area contributed by atoms with Gasteiger partial charge < -0.3 is 5.32 Å². The Labute approximate surface area is 186 Å². The summed E-state index contributed by atoms with van der Waals surface area (Å²) in [5.41, 5.74) is 1.11. The molecule has 4 rings (SSSR count). The lowest BCUT2D eigenvalue weighted by atomic mass is 10.0. The zero-order valence-corrected chi connectivity index (χ0v) is 18.1. The summed E-state index contributed by atoms with van der Waals surface area (Å²) in [6, 6.07) is 17.5. The topological polar surface area (TPSA) is 76.3 Å². The standard InChI is InChI=1S/C25H28N4O3/c1-2-14-28-21-10-6-7-11-22(21)29(25(32)24(28)31)18-23(30)26-20-12-15-27(16-13-20)17-19-8-4-3-5-9-19/h2-11,20H,1,12-18H2,(H,26,30). The van der Waals surface area contributed by atoms with E-state index in [9.17, 15) is 14.4 Å². The molecule has 1 aromatic heterocycles. The van der Waals surface area contributed by atoms with Crippen LogP contribution in [0.5, 0.6) is 0 Å². The van der Waals surface area contributed by atoms with Crippen LogP contribution in [0.4, 0.5) is 0 Å². The number of nitrogens with zero attached hydrogens (tertiary/aromatic N) is 3. The molecule has 0 unspecified atom stereocenters. The SMILES string of the molecule is C=CCn1c(=O)c(=O)n(CC(=O)NC2CCN(Cc3ccccc3)CC2)c2ccccc21. The number of aromatic nitrogens is 2. The first kappa shape index (κ1) is 21.8. The van der Waals surface area contributed by atoms with E-state index in [1.54, 1.807) is 30.3 Å². The van der Waals surface area contributed by atoms with Crippen LogP contribution in [0.15, 0.2) is 76.8 Å². The Bertz CT molecular complexity index is 1220. The number of para-hydroxylation sites is 2. The third-order valence-corrected chi connectivity index (χ3v) is 5.95. The Morgan fingerprint density at radius 1 is 0.938 bits per heavy atom. The highest BCUT2D eigenvalue weighted by Crippen LogP contribution is 2.14. The largest absolute Gasteiger partial charge is 0.352 e. The van der Waals surface area contributed by atoms with Crippen molar-refractivity contribution in [3.8, 4) is 0 Å². The van der Waals surface area contributed by atoms with Gasteiger partial charge in [0.15, 0.2) is 0 Å². The van der Waals surface area contributed by atoms with E-state index in [0.717, 1.165) is 32.5 Å². The second kappa shape index (κ2) is 9.78. The Hall–Kier alpha value is -3.45. The molecule has 0 saturated carbocycles. The molecule has 32 heavy (non-hydrogen) atoms. The summed E-state index contributed by atoms with van der Waals surface area (Å²) in [5, 5.41) is 3.05. The van der Waals surface area contributed by atoms with Crippen LogP contribution in [-0.2, 0) is 24.4 Å². The van der Waals surface area contributed by atoms with Crippen molar-refractivity contribution in [1.29, 1.82) is 0 Å². The molecule has 2 heterocycles. The van der Waals surface area contributed by atoms with E-state index in [0.29, 0.717) is 11.0 Å². The Balaban J connectivity index is 1.42. The lowest BCUT2D eigenvalue weighted by molar-refractivity contribution is -0.122. The highest BCUT2D eigenvalue weighted by Gasteiger charge is 2.22. The van der Waals surface area contributed by atoms with Gasteiger partial charge in [-0.05, 0) is 30.5 Å². The van der Waals surface area contributed by atoms with Crippen molar-refractivity contribution in [2.24, 2.45) is 0 Å². The van der Waals surface area contributed by atoms with Gasteiger partial charge in [-0.1, -0.05) is 48.5 Å². The molecule has 1 aliphatic heterocycles. The molecule has 3 aromatic rings. The van der Waals surface area contributed by atoms with Gasteiger partial charge in [0.25, 0.3) is 0 Å². The first-order valence-corrected chi connectivity index (χ1v) is 11.0. The molecular weight excluding hydrogens is 404 g/mol. The summed E-state index contributed by atoms with van der Waals surface area (Å²) in [7, 11) is 0. The van der Waals surface area contributed by atoms with Crippen molar-refractivity contribution in [2.45, 2.75) is 38.5 Å². The fourth-order valence-electron chi connectivity index (χ4n) is 4.33. The Morgan fingerprint density at radius 3 is 2.19 bits per heavy atom. The summed E-state index contributed by atoms with van der Waals surface area (Å²) in [4.78, 5) is 40.5. The van der Waals surface area contributed by atoms with Crippen LogP contribution in [-0.4, -0.2) is 39.1 Å². The third-order valence-electron chi connectivity index (χ3n) is 5.95. The monoisotopic (exact) mass is 432 g/mol. The van der Waals surface area contributed by atoms with E-state index >= 15 is 0 Å². The quantitative estimate of drug-likeness (QED) is 0.458. The summed E-state index contributed by atoms with van der Waals surface area (Å²) in [6.07, 6.45) is 3.29. The number of rotatable bonds is 7. The molecule has 2 aromatic carbocycles. The van der Waals surface area contributed by atoms with E-state index in [1.165, 1.54) is 14.7 Å². The molecule has 1 aliphatic rings. The van der Waals surface area contributed by atoms with Gasteiger partial charge in [-0.3, -0.25) is 28.4 Å². The Morgan fingerprint density at radius 2 is 1.53 bits per heavy atom. The lowest BCUT2D eigenvalue weighted by Gasteiger charge is -2.32. The smallest absolute Gasteiger partial charge is 0.317 e. The van der Waals surface area contributed by atoms with Gasteiger partial charge in [0, 0.05) is 32.2 Å². The van der Waals surface area contributed by atoms with Crippen molar-refractivity contribution in [1.82, 2.24) is 19.4 Å². The number of fused-ring (bicyclic) bond motifs is 1. The highest BCUT2D eigenvalue weighted by molar-refractivity contribution is 5.80. The minimum atomic E-state index is -0.696. The van der Waals surface area contributed by atoms with Crippen molar-refractivity contribution in [3.05, 3.63) is 93.5 Å². The molecule has 1 fully saturated rings. The van der Waals surface area contributed by atoms with Crippen LogP contribution in [0.1, 0.15) is 18.4 Å². The molecule has 7 heteroatoms. The number of piperidine rings is 1. The van der Waals surface area contributed by atoms with Crippen LogP contribution in [0, 0.1) is 0 Å². The molecule has 0 bridgehead atoms. The number of hydrogen-bond acceptors (Lipinski definition) is 4. The van der Waals surface area contributed by atoms with Crippen molar-refractivity contribution in [3.63, 3.8) is 0 Å². The van der Waals surface area contributed by atoms with Crippen LogP contribution in [0.2, 0.25) is 0 Å². The second-order valence-corrected chi connectivity index (χ2v) is 8.19. The van der Waals surface area contributed by atoms with E-state index in [-0.39, 0.29) is 25.0 Å². The van der Waals surface area contributed by atoms with Gasteiger partial charge in [-0.25, -0.2) is 0 Å². The van der Waals surface area contributed by atoms with E-state index in [1.807, 2.05) is 18.2 Å². The summed E-state index contributed by atoms with van der Waals surface area (Å²) < 4.78 is 2.67. The average Bonchev–Trinajstić information content (AvgIpc) is 2.81. The predicted octanol–water partition coefficient (Wildman–Crippen LogP) is 2.13. The number of benzene rings is 2. The van der Waals surface area contributed by atoms with E-state index < -0.39 is 11.1 Å². The zero-order chi connectivity index (χ0) is 22.5. The number of nitrogens with one attached hydrogen (secondary N) is 1. The summed E-state index contributed by atoms with van der Waals surface area (Å²) in [5.74, 6) is -0.250. The van der Waals surface area contributed by atoms with E-state index in [2.05, 4.69) is 28.9 Å². The molecule has 0 radical (unpaired) electrons. The molecule has 1 amide bonds. The summed E-state index contributed by atoms with van der Waals surface area (Å²) >= 11 is 0. The van der Waals surface area contributed by atoms with E-state index in [4.69, 9.17) is 0 Å². The van der Waals surface area contributed by atoms with Gasteiger partial charge >= 0.3 is 11.1 Å². The number of likely N-dealkylation sites (tertiary alicyclic amines) is 1. The molecule has 1 N–H and O–H groups in total. The van der Waals surface area contributed by atoms with Crippen LogP contribution >= 0.6 is 0 Å². The van der Waals surface area contributed by atoms with Crippen LogP contribution in [0.3, 0.4) is 0 Å². The van der Waals surface area contributed by atoms with Crippen LogP contribution in [0.25, 0.3) is 11.0 Å². The Kier molecular flexibility index (Phi) is 6.66. The third kappa shape index (κ3) is 4.73. The minimum absolute atomic E-state index is 0.0672. The molecule has 7 nitrogen and oxygen atoms in total. The van der Waals surface area contributed by atoms with Crippen LogP contribution < -0.4 is 16.4 Å². The molecule has 1 saturated heterocycles. The highest BCUT2D eigenvalue weighted by atomic mass is 16.2. The van der Waals surface area contributed by atoms with Gasteiger partial charge in [0.05, 0.1) is 11.0 Å². The van der Waals surface area contributed by atoms with Gasteiger partial charge in [0.2, 0.25) is 5.91 Å². The van der Waals surface area contributed by atoms with Crippen molar-refractivity contribution >= 4 is 16.9 Å². The maximum Gasteiger partial charge on any atom is 0.317 e. The fourth-order valence-corrected chi connectivity index (χ4v) is 4.33. The summed E-state index contributed by atoms with van der Waals surface area (Å²) in [6.45, 7) is 6.44.